The molecule has 1 N–H and O–H groups in total. The van der Waals surface area contributed by atoms with Crippen LogP contribution in [0.3, 0.4) is 0 Å². The Kier molecular flexibility index (Phi) is 4.81. The third-order valence-corrected chi connectivity index (χ3v) is 3.73. The van der Waals surface area contributed by atoms with Crippen LogP contribution in [0.1, 0.15) is 5.89 Å². The monoisotopic (exact) mass is 342 g/mol. The molecule has 7 heteroatoms. The Balaban J connectivity index is 1.62. The Morgan fingerprint density at radius 1 is 1.17 bits per heavy atom. The Labute approximate surface area is 144 Å². The minimum atomic E-state index is -0.292. The molecule has 0 aliphatic rings. The molecule has 0 spiro atoms. The van der Waals surface area contributed by atoms with Crippen LogP contribution in [0.4, 0.5) is 10.1 Å². The van der Waals surface area contributed by atoms with Crippen molar-refractivity contribution < 1.29 is 8.91 Å². The van der Waals surface area contributed by atoms with Crippen LogP contribution in [-0.2, 0) is 6.54 Å². The normalized spacial score (nSPS) is 10.4. The Morgan fingerprint density at radius 2 is 1.88 bits per heavy atom. The lowest BCUT2D eigenvalue weighted by molar-refractivity contribution is 0.336. The first-order valence-electron chi connectivity index (χ1n) is 7.27. The van der Waals surface area contributed by atoms with Gasteiger partial charge >= 0.3 is 0 Å². The first-order valence-corrected chi connectivity index (χ1v) is 7.68. The quantitative estimate of drug-likeness (QED) is 0.730. The van der Waals surface area contributed by atoms with Gasteiger partial charge in [-0.05, 0) is 36.5 Å². The molecule has 0 bridgehead atoms. The van der Waals surface area contributed by atoms with E-state index >= 15 is 0 Å². The van der Waals surface area contributed by atoms with Crippen LogP contribution in [0.2, 0.25) is 0 Å². The summed E-state index contributed by atoms with van der Waals surface area (Å²) < 4.78 is 18.2. The molecule has 0 saturated heterocycles. The van der Waals surface area contributed by atoms with E-state index in [0.717, 1.165) is 5.56 Å². The lowest BCUT2D eigenvalue weighted by Crippen LogP contribution is -2.30. The molecule has 0 fully saturated rings. The topological polar surface area (TPSA) is 54.2 Å². The van der Waals surface area contributed by atoms with Gasteiger partial charge in [-0.15, -0.1) is 0 Å². The van der Waals surface area contributed by atoms with Gasteiger partial charge in [0.1, 0.15) is 5.82 Å². The summed E-state index contributed by atoms with van der Waals surface area (Å²) >= 11 is 5.32. The van der Waals surface area contributed by atoms with Crippen molar-refractivity contribution in [3.05, 3.63) is 66.3 Å². The van der Waals surface area contributed by atoms with Crippen LogP contribution in [-0.4, -0.2) is 27.2 Å². The zero-order valence-corrected chi connectivity index (χ0v) is 13.8. The van der Waals surface area contributed by atoms with Crippen molar-refractivity contribution in [3.63, 3.8) is 0 Å². The largest absolute Gasteiger partial charge is 0.343 e. The fourth-order valence-corrected chi connectivity index (χ4v) is 2.23. The summed E-state index contributed by atoms with van der Waals surface area (Å²) in [5.41, 5.74) is 1.60. The highest BCUT2D eigenvalue weighted by atomic mass is 32.1. The van der Waals surface area contributed by atoms with E-state index in [-0.39, 0.29) is 5.82 Å². The molecule has 1 heterocycles. The number of rotatable bonds is 4. The summed E-state index contributed by atoms with van der Waals surface area (Å²) in [4.78, 5) is 6.13. The van der Waals surface area contributed by atoms with Crippen molar-refractivity contribution in [2.75, 3.05) is 12.4 Å². The molecule has 0 atom stereocenters. The van der Waals surface area contributed by atoms with Crippen molar-refractivity contribution in [3.8, 4) is 11.4 Å². The van der Waals surface area contributed by atoms with E-state index in [1.54, 1.807) is 17.0 Å². The molecule has 24 heavy (non-hydrogen) atoms. The highest BCUT2D eigenvalue weighted by molar-refractivity contribution is 7.80. The summed E-state index contributed by atoms with van der Waals surface area (Å²) in [5, 5.41) is 7.48. The highest BCUT2D eigenvalue weighted by Crippen LogP contribution is 2.16. The summed E-state index contributed by atoms with van der Waals surface area (Å²) in [6.45, 7) is 0.368. The minimum Gasteiger partial charge on any atom is -0.343 e. The van der Waals surface area contributed by atoms with Gasteiger partial charge < -0.3 is 14.7 Å². The van der Waals surface area contributed by atoms with Gasteiger partial charge in [-0.25, -0.2) is 4.39 Å². The van der Waals surface area contributed by atoms with E-state index < -0.39 is 0 Å². The number of hydrogen-bond acceptors (Lipinski definition) is 4. The lowest BCUT2D eigenvalue weighted by Gasteiger charge is -2.19. The Morgan fingerprint density at radius 3 is 2.58 bits per heavy atom. The smallest absolute Gasteiger partial charge is 0.246 e. The van der Waals surface area contributed by atoms with Crippen LogP contribution >= 0.6 is 12.2 Å². The molecule has 5 nitrogen and oxygen atoms in total. The molecule has 0 aliphatic heterocycles. The van der Waals surface area contributed by atoms with Crippen LogP contribution in [0.15, 0.2) is 59.1 Å². The summed E-state index contributed by atoms with van der Waals surface area (Å²) in [6.07, 6.45) is 0. The van der Waals surface area contributed by atoms with E-state index in [1.165, 1.54) is 12.1 Å². The number of hydrogen-bond donors (Lipinski definition) is 1. The van der Waals surface area contributed by atoms with Crippen molar-refractivity contribution in [2.45, 2.75) is 6.54 Å². The number of thiocarbonyl (C=S) groups is 1. The second-order valence-corrected chi connectivity index (χ2v) is 5.56. The van der Waals surface area contributed by atoms with E-state index in [0.29, 0.717) is 29.1 Å². The van der Waals surface area contributed by atoms with E-state index in [1.807, 2.05) is 37.4 Å². The molecule has 0 unspecified atom stereocenters. The van der Waals surface area contributed by atoms with Gasteiger partial charge in [0.15, 0.2) is 5.11 Å². The second-order valence-electron chi connectivity index (χ2n) is 5.17. The lowest BCUT2D eigenvalue weighted by atomic mass is 10.2. The van der Waals surface area contributed by atoms with E-state index in [2.05, 4.69) is 15.5 Å². The minimum absolute atomic E-state index is 0.292. The van der Waals surface area contributed by atoms with Crippen molar-refractivity contribution in [1.82, 2.24) is 15.0 Å². The number of halogens is 1. The van der Waals surface area contributed by atoms with Crippen LogP contribution in [0.5, 0.6) is 0 Å². The zero-order chi connectivity index (χ0) is 16.9. The maximum absolute atomic E-state index is 12.9. The fraction of sp³-hybridized carbons (Fsp3) is 0.118. The van der Waals surface area contributed by atoms with Crippen molar-refractivity contribution >= 4 is 23.0 Å². The van der Waals surface area contributed by atoms with Crippen molar-refractivity contribution in [2.24, 2.45) is 0 Å². The third-order valence-electron chi connectivity index (χ3n) is 3.31. The Bertz CT molecular complexity index is 820. The molecule has 0 radical (unpaired) electrons. The number of anilines is 1. The van der Waals surface area contributed by atoms with Gasteiger partial charge in [-0.2, -0.15) is 4.98 Å². The molecule has 0 saturated carbocycles. The number of aromatic nitrogens is 2. The maximum Gasteiger partial charge on any atom is 0.246 e. The third kappa shape index (κ3) is 3.94. The molecule has 0 aliphatic carbocycles. The standard InChI is InChI=1S/C17H15FN4OS/c1-22(17(24)19-14-9-7-13(18)8-10-14)11-15-20-16(21-23-15)12-5-3-2-4-6-12/h2-10H,11H2,1H3,(H,19,24). The molecule has 3 rings (SSSR count). The number of nitrogens with zero attached hydrogens (tertiary/aromatic N) is 3. The molecule has 1 aromatic heterocycles. The average Bonchev–Trinajstić information content (AvgIpc) is 3.06. The van der Waals surface area contributed by atoms with Gasteiger partial charge in [-0.1, -0.05) is 35.5 Å². The summed E-state index contributed by atoms with van der Waals surface area (Å²) in [7, 11) is 1.81. The number of nitrogens with one attached hydrogen (secondary N) is 1. The fourth-order valence-electron chi connectivity index (χ4n) is 2.05. The van der Waals surface area contributed by atoms with E-state index in [4.69, 9.17) is 16.7 Å². The molecule has 2 aromatic carbocycles. The van der Waals surface area contributed by atoms with Gasteiger partial charge in [0.25, 0.3) is 0 Å². The van der Waals surface area contributed by atoms with Crippen LogP contribution in [0, 0.1) is 5.82 Å². The van der Waals surface area contributed by atoms with E-state index in [9.17, 15) is 4.39 Å². The van der Waals surface area contributed by atoms with Gasteiger partial charge in [0.2, 0.25) is 11.7 Å². The number of benzene rings is 2. The predicted molar refractivity (Wildman–Crippen MR) is 93.8 cm³/mol. The van der Waals surface area contributed by atoms with Crippen LogP contribution < -0.4 is 5.32 Å². The van der Waals surface area contributed by atoms with Crippen LogP contribution in [0.25, 0.3) is 11.4 Å². The van der Waals surface area contributed by atoms with Crippen molar-refractivity contribution in [1.29, 1.82) is 0 Å². The maximum atomic E-state index is 12.9. The van der Waals surface area contributed by atoms with Gasteiger partial charge in [0.05, 0.1) is 6.54 Å². The molecule has 122 valence electrons. The molecular weight excluding hydrogens is 327 g/mol. The summed E-state index contributed by atoms with van der Waals surface area (Å²) in [6, 6.07) is 15.6. The zero-order valence-electron chi connectivity index (χ0n) is 12.9. The Hall–Kier alpha value is -2.80. The first kappa shape index (κ1) is 16.1. The highest BCUT2D eigenvalue weighted by Gasteiger charge is 2.12. The SMILES string of the molecule is CN(Cc1nc(-c2ccccc2)no1)C(=S)Nc1ccc(F)cc1. The first-order chi connectivity index (χ1) is 11.6. The summed E-state index contributed by atoms with van der Waals surface area (Å²) in [5.74, 6) is 0.704. The van der Waals surface area contributed by atoms with Gasteiger partial charge in [-0.3, -0.25) is 0 Å². The molecular formula is C17H15FN4OS. The predicted octanol–water partition coefficient (Wildman–Crippen LogP) is 3.70. The second kappa shape index (κ2) is 7.18. The van der Waals surface area contributed by atoms with Gasteiger partial charge in [0, 0.05) is 18.3 Å². The molecule has 0 amide bonds. The average molecular weight is 342 g/mol. The molecule has 3 aromatic rings.